The number of ketones is 1. The van der Waals surface area contributed by atoms with Crippen LogP contribution in [0.1, 0.15) is 28.2 Å². The molecule has 1 aliphatic rings. The average molecular weight is 313 g/mol. The van der Waals surface area contributed by atoms with Crippen LogP contribution >= 0.6 is 11.3 Å². The van der Waals surface area contributed by atoms with Gasteiger partial charge < -0.3 is 4.74 Å². The molecule has 0 atom stereocenters. The van der Waals surface area contributed by atoms with Crippen molar-refractivity contribution in [2.24, 2.45) is 0 Å². The molecule has 110 valence electrons. The lowest BCUT2D eigenvalue weighted by Crippen LogP contribution is -2.17. The summed E-state index contributed by atoms with van der Waals surface area (Å²) in [7, 11) is 0. The van der Waals surface area contributed by atoms with Crippen LogP contribution in [-0.2, 0) is 6.42 Å². The van der Waals surface area contributed by atoms with Gasteiger partial charge in [0.2, 0.25) is 0 Å². The number of hydrogen-bond donors (Lipinski definition) is 0. The van der Waals surface area contributed by atoms with E-state index < -0.39 is 6.36 Å². The van der Waals surface area contributed by atoms with Crippen molar-refractivity contribution in [3.05, 3.63) is 34.8 Å². The summed E-state index contributed by atoms with van der Waals surface area (Å²) in [6, 6.07) is 5.63. The average Bonchev–Trinajstić information content (AvgIpc) is 2.82. The maximum absolute atomic E-state index is 12.2. The zero-order valence-corrected chi connectivity index (χ0v) is 11.6. The molecule has 1 aromatic carbocycles. The first-order valence-electron chi connectivity index (χ1n) is 6.31. The summed E-state index contributed by atoms with van der Waals surface area (Å²) in [4.78, 5) is 16.8. The van der Waals surface area contributed by atoms with E-state index in [0.717, 1.165) is 18.5 Å². The first kappa shape index (κ1) is 14.1. The number of carbonyl (C=O) groups excluding carboxylic acids is 1. The molecule has 0 amide bonds. The molecule has 0 radical (unpaired) electrons. The van der Waals surface area contributed by atoms with E-state index >= 15 is 0 Å². The Balaban J connectivity index is 1.94. The smallest absolute Gasteiger partial charge is 0.406 e. The largest absolute Gasteiger partial charge is 0.573 e. The molecular weight excluding hydrogens is 303 g/mol. The molecule has 0 saturated heterocycles. The lowest BCUT2D eigenvalue weighted by molar-refractivity contribution is -0.274. The maximum Gasteiger partial charge on any atom is 0.573 e. The number of carbonyl (C=O) groups is 1. The molecule has 0 saturated carbocycles. The number of alkyl halides is 3. The van der Waals surface area contributed by atoms with Crippen LogP contribution in [0.25, 0.3) is 10.6 Å². The van der Waals surface area contributed by atoms with Gasteiger partial charge in [0.05, 0.1) is 10.6 Å². The van der Waals surface area contributed by atoms with E-state index in [1.54, 1.807) is 6.07 Å². The van der Waals surface area contributed by atoms with Gasteiger partial charge in [-0.05, 0) is 25.0 Å². The van der Waals surface area contributed by atoms with Crippen LogP contribution in [0.15, 0.2) is 24.3 Å². The van der Waals surface area contributed by atoms with E-state index in [9.17, 15) is 18.0 Å². The number of benzene rings is 1. The minimum Gasteiger partial charge on any atom is -0.406 e. The summed E-state index contributed by atoms with van der Waals surface area (Å²) in [5.41, 5.74) is 1.26. The highest BCUT2D eigenvalue weighted by Crippen LogP contribution is 2.34. The van der Waals surface area contributed by atoms with Gasteiger partial charge in [-0.25, -0.2) is 4.98 Å². The standard InChI is InChI=1S/C14H10F3NO2S/c15-14(16,17)20-9-4-1-3-8(7-9)13-18-10-5-2-6-11(19)12(10)21-13/h1,3-4,7H,2,5-6H2. The minimum absolute atomic E-state index is 0.0581. The number of ether oxygens (including phenoxy) is 1. The Bertz CT molecular complexity index is 694. The number of aromatic nitrogens is 1. The quantitative estimate of drug-likeness (QED) is 0.833. The second kappa shape index (κ2) is 5.14. The molecule has 1 heterocycles. The van der Waals surface area contributed by atoms with Crippen LogP contribution in [0.5, 0.6) is 5.75 Å². The second-order valence-electron chi connectivity index (χ2n) is 4.65. The fourth-order valence-electron chi connectivity index (χ4n) is 2.22. The van der Waals surface area contributed by atoms with Gasteiger partial charge in [0.1, 0.15) is 10.8 Å². The molecule has 3 rings (SSSR count). The summed E-state index contributed by atoms with van der Waals surface area (Å²) < 4.78 is 40.6. The Morgan fingerprint density at radius 1 is 1.24 bits per heavy atom. The van der Waals surface area contributed by atoms with E-state index in [4.69, 9.17) is 0 Å². The molecule has 0 spiro atoms. The zero-order valence-electron chi connectivity index (χ0n) is 10.7. The number of rotatable bonds is 2. The first-order chi connectivity index (χ1) is 9.92. The van der Waals surface area contributed by atoms with E-state index in [-0.39, 0.29) is 11.5 Å². The van der Waals surface area contributed by atoms with E-state index in [0.29, 0.717) is 21.9 Å². The highest BCUT2D eigenvalue weighted by atomic mass is 32.1. The lowest BCUT2D eigenvalue weighted by Gasteiger charge is -2.09. The van der Waals surface area contributed by atoms with Gasteiger partial charge in [-0.2, -0.15) is 0 Å². The fourth-order valence-corrected chi connectivity index (χ4v) is 3.29. The minimum atomic E-state index is -4.73. The number of halogens is 3. The monoisotopic (exact) mass is 313 g/mol. The van der Waals surface area contributed by atoms with Crippen LogP contribution in [-0.4, -0.2) is 17.1 Å². The molecule has 3 nitrogen and oxygen atoms in total. The molecular formula is C14H10F3NO2S. The van der Waals surface area contributed by atoms with E-state index in [2.05, 4.69) is 9.72 Å². The summed E-state index contributed by atoms with van der Waals surface area (Å²) in [6.07, 6.45) is -2.72. The maximum atomic E-state index is 12.2. The van der Waals surface area contributed by atoms with Gasteiger partial charge in [-0.3, -0.25) is 4.79 Å². The third kappa shape index (κ3) is 3.07. The highest BCUT2D eigenvalue weighted by molar-refractivity contribution is 7.17. The van der Waals surface area contributed by atoms with Crippen molar-refractivity contribution in [2.75, 3.05) is 0 Å². The van der Waals surface area contributed by atoms with Crippen LogP contribution in [0, 0.1) is 0 Å². The fraction of sp³-hybridized carbons (Fsp3) is 0.286. The van der Waals surface area contributed by atoms with Crippen molar-refractivity contribution in [2.45, 2.75) is 25.6 Å². The van der Waals surface area contributed by atoms with Crippen LogP contribution in [0.3, 0.4) is 0 Å². The summed E-state index contributed by atoms with van der Waals surface area (Å²) in [5, 5.41) is 0.544. The van der Waals surface area contributed by atoms with Gasteiger partial charge in [-0.1, -0.05) is 12.1 Å². The molecule has 0 bridgehead atoms. The Labute approximate surface area is 122 Å². The Morgan fingerprint density at radius 3 is 2.76 bits per heavy atom. The number of fused-ring (bicyclic) bond motifs is 1. The van der Waals surface area contributed by atoms with Crippen LogP contribution < -0.4 is 4.74 Å². The summed E-state index contributed by atoms with van der Waals surface area (Å²) >= 11 is 1.23. The molecule has 7 heteroatoms. The van der Waals surface area contributed by atoms with Crippen molar-refractivity contribution in [3.8, 4) is 16.3 Å². The highest BCUT2D eigenvalue weighted by Gasteiger charge is 2.31. The number of aryl methyl sites for hydroxylation is 1. The Hall–Kier alpha value is -1.89. The van der Waals surface area contributed by atoms with Crippen molar-refractivity contribution in [1.82, 2.24) is 4.98 Å². The molecule has 2 aromatic rings. The predicted octanol–water partition coefficient (Wildman–Crippen LogP) is 4.23. The first-order valence-corrected chi connectivity index (χ1v) is 7.13. The summed E-state index contributed by atoms with van der Waals surface area (Å²) in [5.74, 6) is -0.234. The normalized spacial score (nSPS) is 14.9. The topological polar surface area (TPSA) is 39.2 Å². The molecule has 0 aliphatic heterocycles. The van der Waals surface area contributed by atoms with E-state index in [1.165, 1.54) is 29.5 Å². The second-order valence-corrected chi connectivity index (χ2v) is 5.65. The van der Waals surface area contributed by atoms with Crippen molar-refractivity contribution in [1.29, 1.82) is 0 Å². The number of Topliss-reactive ketones (excluding diaryl/α,β-unsaturated/α-hetero) is 1. The van der Waals surface area contributed by atoms with Gasteiger partial charge in [0, 0.05) is 12.0 Å². The van der Waals surface area contributed by atoms with Crippen LogP contribution in [0.4, 0.5) is 13.2 Å². The van der Waals surface area contributed by atoms with Gasteiger partial charge >= 0.3 is 6.36 Å². The molecule has 21 heavy (non-hydrogen) atoms. The van der Waals surface area contributed by atoms with Crippen molar-refractivity contribution in [3.63, 3.8) is 0 Å². The molecule has 0 unspecified atom stereocenters. The third-order valence-electron chi connectivity index (χ3n) is 3.08. The summed E-state index contributed by atoms with van der Waals surface area (Å²) in [6.45, 7) is 0. The molecule has 1 aliphatic carbocycles. The van der Waals surface area contributed by atoms with Crippen molar-refractivity contribution >= 4 is 17.1 Å². The predicted molar refractivity (Wildman–Crippen MR) is 71.5 cm³/mol. The zero-order chi connectivity index (χ0) is 15.0. The Morgan fingerprint density at radius 2 is 2.05 bits per heavy atom. The molecule has 1 aromatic heterocycles. The molecule has 0 N–H and O–H groups in total. The van der Waals surface area contributed by atoms with Crippen LogP contribution in [0.2, 0.25) is 0 Å². The number of nitrogens with zero attached hydrogens (tertiary/aromatic N) is 1. The lowest BCUT2D eigenvalue weighted by atomic mass is 10.0. The van der Waals surface area contributed by atoms with Gasteiger partial charge in [-0.15, -0.1) is 24.5 Å². The number of thiazole rings is 1. The van der Waals surface area contributed by atoms with Crippen molar-refractivity contribution < 1.29 is 22.7 Å². The third-order valence-corrected chi connectivity index (χ3v) is 4.27. The Kier molecular flexibility index (Phi) is 3.44. The van der Waals surface area contributed by atoms with E-state index in [1.807, 2.05) is 0 Å². The number of hydrogen-bond acceptors (Lipinski definition) is 4. The van der Waals surface area contributed by atoms with Gasteiger partial charge in [0.15, 0.2) is 5.78 Å². The SMILES string of the molecule is O=C1CCCc2nc(-c3cccc(OC(F)(F)F)c3)sc21. The van der Waals surface area contributed by atoms with Gasteiger partial charge in [0.25, 0.3) is 0 Å². The molecule has 0 fully saturated rings.